The fraction of sp³-hybridized carbons (Fsp3) is 0.333. The van der Waals surface area contributed by atoms with Crippen LogP contribution in [-0.4, -0.2) is 10.1 Å². The summed E-state index contributed by atoms with van der Waals surface area (Å²) in [4.78, 5) is 4.11. The molecule has 1 aliphatic rings. The van der Waals surface area contributed by atoms with Gasteiger partial charge in [0.2, 0.25) is 0 Å². The van der Waals surface area contributed by atoms with E-state index in [1.165, 1.54) is 24.0 Å². The fourth-order valence-electron chi connectivity index (χ4n) is 3.37. The van der Waals surface area contributed by atoms with Gasteiger partial charge < -0.3 is 10.6 Å². The first-order valence-corrected chi connectivity index (χ1v) is 8.16. The van der Waals surface area contributed by atoms with E-state index in [0.29, 0.717) is 5.11 Å². The third kappa shape index (κ3) is 3.12. The maximum Gasteiger partial charge on any atom is 0.171 e. The second-order valence-electron chi connectivity index (χ2n) is 5.92. The Morgan fingerprint density at radius 3 is 2.59 bits per heavy atom. The lowest BCUT2D eigenvalue weighted by molar-refractivity contribution is 0.406. The SMILES string of the molecule is Cc1ccccc1C1(NC(=S)Nc2cccnc2)CCCC1. The van der Waals surface area contributed by atoms with Crippen molar-refractivity contribution >= 4 is 23.0 Å². The van der Waals surface area contributed by atoms with Crippen LogP contribution in [0.25, 0.3) is 0 Å². The van der Waals surface area contributed by atoms with Crippen LogP contribution >= 0.6 is 12.2 Å². The van der Waals surface area contributed by atoms with Gasteiger partial charge in [0, 0.05) is 6.20 Å². The summed E-state index contributed by atoms with van der Waals surface area (Å²) in [6, 6.07) is 12.5. The summed E-state index contributed by atoms with van der Waals surface area (Å²) in [6.45, 7) is 2.18. The zero-order valence-electron chi connectivity index (χ0n) is 12.8. The van der Waals surface area contributed by atoms with Crippen molar-refractivity contribution in [3.8, 4) is 0 Å². The van der Waals surface area contributed by atoms with Gasteiger partial charge in [-0.05, 0) is 55.2 Å². The van der Waals surface area contributed by atoms with E-state index in [2.05, 4.69) is 46.8 Å². The molecule has 0 radical (unpaired) electrons. The highest BCUT2D eigenvalue weighted by molar-refractivity contribution is 7.80. The number of anilines is 1. The smallest absolute Gasteiger partial charge is 0.171 e. The van der Waals surface area contributed by atoms with Crippen molar-refractivity contribution in [3.63, 3.8) is 0 Å². The molecule has 2 N–H and O–H groups in total. The van der Waals surface area contributed by atoms with Crippen LogP contribution < -0.4 is 10.6 Å². The van der Waals surface area contributed by atoms with Crippen LogP contribution in [-0.2, 0) is 5.54 Å². The molecule has 0 saturated heterocycles. The Hall–Kier alpha value is -1.94. The Morgan fingerprint density at radius 2 is 1.91 bits per heavy atom. The minimum absolute atomic E-state index is 0.0440. The Labute approximate surface area is 137 Å². The van der Waals surface area contributed by atoms with Gasteiger partial charge in [0.25, 0.3) is 0 Å². The molecule has 1 heterocycles. The first-order chi connectivity index (χ1) is 10.7. The van der Waals surface area contributed by atoms with Crippen molar-refractivity contribution in [2.24, 2.45) is 0 Å². The molecule has 114 valence electrons. The number of benzene rings is 1. The lowest BCUT2D eigenvalue weighted by atomic mass is 9.85. The normalized spacial score (nSPS) is 16.2. The van der Waals surface area contributed by atoms with Gasteiger partial charge in [-0.25, -0.2) is 0 Å². The first-order valence-electron chi connectivity index (χ1n) is 7.75. The van der Waals surface area contributed by atoms with Gasteiger partial charge in [0.05, 0.1) is 17.4 Å². The molecule has 3 nitrogen and oxygen atoms in total. The van der Waals surface area contributed by atoms with E-state index in [4.69, 9.17) is 12.2 Å². The fourth-order valence-corrected chi connectivity index (χ4v) is 3.68. The number of hydrogen-bond donors (Lipinski definition) is 2. The summed E-state index contributed by atoms with van der Waals surface area (Å²) in [7, 11) is 0. The predicted molar refractivity (Wildman–Crippen MR) is 94.9 cm³/mol. The molecule has 4 heteroatoms. The van der Waals surface area contributed by atoms with E-state index in [1.54, 1.807) is 12.4 Å². The van der Waals surface area contributed by atoms with Crippen molar-refractivity contribution in [1.82, 2.24) is 10.3 Å². The molecule has 2 aromatic rings. The molecule has 0 unspecified atom stereocenters. The van der Waals surface area contributed by atoms with Crippen molar-refractivity contribution < 1.29 is 0 Å². The third-order valence-corrected chi connectivity index (χ3v) is 4.59. The lowest BCUT2D eigenvalue weighted by Gasteiger charge is -2.33. The maximum absolute atomic E-state index is 5.54. The van der Waals surface area contributed by atoms with Gasteiger partial charge in [-0.1, -0.05) is 37.1 Å². The lowest BCUT2D eigenvalue weighted by Crippen LogP contribution is -2.46. The van der Waals surface area contributed by atoms with Crippen molar-refractivity contribution in [1.29, 1.82) is 0 Å². The minimum Gasteiger partial charge on any atom is -0.353 e. The van der Waals surface area contributed by atoms with E-state index in [0.717, 1.165) is 18.5 Å². The van der Waals surface area contributed by atoms with Crippen LogP contribution in [0.5, 0.6) is 0 Å². The highest BCUT2D eigenvalue weighted by atomic mass is 32.1. The van der Waals surface area contributed by atoms with Crippen molar-refractivity contribution in [3.05, 3.63) is 59.9 Å². The van der Waals surface area contributed by atoms with E-state index >= 15 is 0 Å². The summed E-state index contributed by atoms with van der Waals surface area (Å²) in [5.41, 5.74) is 3.55. The average Bonchev–Trinajstić information content (AvgIpc) is 2.98. The molecular weight excluding hydrogens is 290 g/mol. The summed E-state index contributed by atoms with van der Waals surface area (Å²) >= 11 is 5.54. The van der Waals surface area contributed by atoms with Crippen LogP contribution in [0.3, 0.4) is 0 Å². The van der Waals surface area contributed by atoms with Crippen LogP contribution in [0, 0.1) is 6.92 Å². The van der Waals surface area contributed by atoms with E-state index in [1.807, 2.05) is 12.1 Å². The minimum atomic E-state index is -0.0440. The Morgan fingerprint density at radius 1 is 1.14 bits per heavy atom. The molecule has 1 fully saturated rings. The number of nitrogens with one attached hydrogen (secondary N) is 2. The van der Waals surface area contributed by atoms with Crippen LogP contribution in [0.2, 0.25) is 0 Å². The number of pyridine rings is 1. The summed E-state index contributed by atoms with van der Waals surface area (Å²) in [5.74, 6) is 0. The molecule has 0 atom stereocenters. The van der Waals surface area contributed by atoms with E-state index < -0.39 is 0 Å². The molecule has 1 aliphatic carbocycles. The van der Waals surface area contributed by atoms with Crippen molar-refractivity contribution in [2.75, 3.05) is 5.32 Å². The Bertz CT molecular complexity index is 648. The second-order valence-corrected chi connectivity index (χ2v) is 6.33. The molecule has 22 heavy (non-hydrogen) atoms. The van der Waals surface area contributed by atoms with E-state index in [-0.39, 0.29) is 5.54 Å². The molecule has 0 spiro atoms. The second kappa shape index (κ2) is 6.44. The molecule has 1 saturated carbocycles. The topological polar surface area (TPSA) is 37.0 Å². The zero-order valence-corrected chi connectivity index (χ0v) is 13.6. The average molecular weight is 311 g/mol. The number of aromatic nitrogens is 1. The highest BCUT2D eigenvalue weighted by Gasteiger charge is 2.37. The molecule has 1 aromatic carbocycles. The van der Waals surface area contributed by atoms with E-state index in [9.17, 15) is 0 Å². The van der Waals surface area contributed by atoms with Gasteiger partial charge in [-0.2, -0.15) is 0 Å². The zero-order chi connectivity index (χ0) is 15.4. The quantitative estimate of drug-likeness (QED) is 0.835. The molecule has 0 aliphatic heterocycles. The van der Waals surface area contributed by atoms with Crippen LogP contribution in [0.1, 0.15) is 36.8 Å². The van der Waals surface area contributed by atoms with Gasteiger partial charge in [0.1, 0.15) is 0 Å². The number of rotatable bonds is 3. The maximum atomic E-state index is 5.54. The Balaban J connectivity index is 1.80. The van der Waals surface area contributed by atoms with Gasteiger partial charge >= 0.3 is 0 Å². The first kappa shape index (κ1) is 15.0. The number of nitrogens with zero attached hydrogens (tertiary/aromatic N) is 1. The predicted octanol–water partition coefficient (Wildman–Crippen LogP) is 4.15. The number of hydrogen-bond acceptors (Lipinski definition) is 2. The standard InChI is InChI=1S/C18H21N3S/c1-14-7-2-3-9-16(14)18(10-4-5-11-18)21-17(22)20-15-8-6-12-19-13-15/h2-3,6-9,12-13H,4-5,10-11H2,1H3,(H2,20,21,22). The largest absolute Gasteiger partial charge is 0.353 e. The molecule has 0 amide bonds. The van der Waals surface area contributed by atoms with Crippen LogP contribution in [0.4, 0.5) is 5.69 Å². The monoisotopic (exact) mass is 311 g/mol. The van der Waals surface area contributed by atoms with Gasteiger partial charge in [-0.15, -0.1) is 0 Å². The molecule has 0 bridgehead atoms. The summed E-state index contributed by atoms with van der Waals surface area (Å²) in [5, 5.41) is 7.50. The summed E-state index contributed by atoms with van der Waals surface area (Å²) in [6.07, 6.45) is 8.24. The van der Waals surface area contributed by atoms with Crippen LogP contribution in [0.15, 0.2) is 48.8 Å². The highest BCUT2D eigenvalue weighted by Crippen LogP contribution is 2.40. The van der Waals surface area contributed by atoms with Crippen molar-refractivity contribution in [2.45, 2.75) is 38.1 Å². The van der Waals surface area contributed by atoms with Gasteiger partial charge in [0.15, 0.2) is 5.11 Å². The molecular formula is C18H21N3S. The number of thiocarbonyl (C=S) groups is 1. The number of aryl methyl sites for hydroxylation is 1. The third-order valence-electron chi connectivity index (χ3n) is 4.39. The van der Waals surface area contributed by atoms with Gasteiger partial charge in [-0.3, -0.25) is 4.98 Å². The Kier molecular flexibility index (Phi) is 4.39. The molecule has 1 aromatic heterocycles. The molecule has 3 rings (SSSR count). The summed E-state index contributed by atoms with van der Waals surface area (Å²) < 4.78 is 0.